The van der Waals surface area contributed by atoms with E-state index in [1.807, 2.05) is 0 Å². The molecule has 0 aromatic heterocycles. The van der Waals surface area contributed by atoms with Crippen LogP contribution in [0.1, 0.15) is 37.8 Å². The number of piperidine rings is 1. The molecule has 1 aliphatic heterocycles. The normalized spacial score (nSPS) is 22.6. The molecular formula is C17H28N2. The second-order valence-electron chi connectivity index (χ2n) is 6.42. The highest BCUT2D eigenvalue weighted by Gasteiger charge is 2.38. The maximum absolute atomic E-state index is 3.36. The summed E-state index contributed by atoms with van der Waals surface area (Å²) < 4.78 is 0. The van der Waals surface area contributed by atoms with Crippen LogP contribution < -0.4 is 10.2 Å². The maximum Gasteiger partial charge on any atom is 0.0403 e. The lowest BCUT2D eigenvalue weighted by Crippen LogP contribution is -2.56. The molecule has 2 heteroatoms. The van der Waals surface area contributed by atoms with E-state index in [0.29, 0.717) is 5.92 Å². The summed E-state index contributed by atoms with van der Waals surface area (Å²) in [7, 11) is 2.06. The van der Waals surface area contributed by atoms with E-state index in [1.165, 1.54) is 36.2 Å². The van der Waals surface area contributed by atoms with E-state index in [-0.39, 0.29) is 5.54 Å². The Morgan fingerprint density at radius 1 is 1.32 bits per heavy atom. The predicted octanol–water partition coefficient (Wildman–Crippen LogP) is 3.52. The number of nitrogens with one attached hydrogen (secondary N) is 1. The predicted molar refractivity (Wildman–Crippen MR) is 84.0 cm³/mol. The van der Waals surface area contributed by atoms with Crippen molar-refractivity contribution in [1.29, 1.82) is 0 Å². The first-order valence-corrected chi connectivity index (χ1v) is 7.47. The molecule has 1 aromatic rings. The number of nitrogens with zero attached hydrogens (tertiary/aromatic N) is 1. The molecule has 1 fully saturated rings. The Morgan fingerprint density at radius 2 is 2.05 bits per heavy atom. The van der Waals surface area contributed by atoms with Gasteiger partial charge in [-0.3, -0.25) is 0 Å². The van der Waals surface area contributed by atoms with Gasteiger partial charge in [-0.2, -0.15) is 0 Å². The van der Waals surface area contributed by atoms with Crippen molar-refractivity contribution < 1.29 is 0 Å². The van der Waals surface area contributed by atoms with Crippen molar-refractivity contribution in [3.8, 4) is 0 Å². The summed E-state index contributed by atoms with van der Waals surface area (Å²) in [6.07, 6.45) is 2.62. The van der Waals surface area contributed by atoms with E-state index in [2.05, 4.69) is 63.2 Å². The van der Waals surface area contributed by atoms with Crippen molar-refractivity contribution >= 4 is 5.69 Å². The molecule has 0 amide bonds. The van der Waals surface area contributed by atoms with Gasteiger partial charge in [-0.1, -0.05) is 12.1 Å². The van der Waals surface area contributed by atoms with Crippen molar-refractivity contribution in [2.24, 2.45) is 5.92 Å². The first kappa shape index (κ1) is 14.4. The Balaban J connectivity index is 2.35. The third-order valence-corrected chi connectivity index (χ3v) is 4.95. The molecule has 0 radical (unpaired) electrons. The Labute approximate surface area is 118 Å². The Kier molecular flexibility index (Phi) is 4.19. The molecule has 1 unspecified atom stereocenters. The van der Waals surface area contributed by atoms with Gasteiger partial charge in [-0.05, 0) is 77.2 Å². The Hall–Kier alpha value is -1.02. The van der Waals surface area contributed by atoms with Crippen molar-refractivity contribution in [1.82, 2.24) is 5.32 Å². The van der Waals surface area contributed by atoms with Gasteiger partial charge in [0.25, 0.3) is 0 Å². The van der Waals surface area contributed by atoms with Crippen LogP contribution in [0.5, 0.6) is 0 Å². The summed E-state index contributed by atoms with van der Waals surface area (Å²) >= 11 is 0. The highest BCUT2D eigenvalue weighted by Crippen LogP contribution is 2.38. The first-order valence-electron chi connectivity index (χ1n) is 7.47. The zero-order valence-corrected chi connectivity index (χ0v) is 13.1. The molecule has 2 rings (SSSR count). The van der Waals surface area contributed by atoms with Crippen molar-refractivity contribution in [3.63, 3.8) is 0 Å². The molecule has 1 saturated heterocycles. The zero-order chi connectivity index (χ0) is 14.0. The number of benzene rings is 1. The highest BCUT2D eigenvalue weighted by atomic mass is 15.2. The van der Waals surface area contributed by atoms with Crippen LogP contribution in [0.15, 0.2) is 18.2 Å². The smallest absolute Gasteiger partial charge is 0.0403 e. The number of hydrogen-bond donors (Lipinski definition) is 1. The van der Waals surface area contributed by atoms with Gasteiger partial charge in [0.15, 0.2) is 0 Å². The van der Waals surface area contributed by atoms with Gasteiger partial charge in [0.1, 0.15) is 0 Å². The lowest BCUT2D eigenvalue weighted by atomic mass is 9.78. The zero-order valence-electron chi connectivity index (χ0n) is 13.1. The summed E-state index contributed by atoms with van der Waals surface area (Å²) in [6, 6.07) is 6.68. The summed E-state index contributed by atoms with van der Waals surface area (Å²) in [5.74, 6) is 0.714. The average Bonchev–Trinajstić information content (AvgIpc) is 2.36. The van der Waals surface area contributed by atoms with Gasteiger partial charge >= 0.3 is 0 Å². The van der Waals surface area contributed by atoms with Crippen molar-refractivity contribution in [2.75, 3.05) is 25.0 Å². The minimum atomic E-state index is 0.222. The lowest BCUT2D eigenvalue weighted by Gasteiger charge is -2.50. The Morgan fingerprint density at radius 3 is 2.74 bits per heavy atom. The van der Waals surface area contributed by atoms with Crippen LogP contribution in [0.2, 0.25) is 0 Å². The highest BCUT2D eigenvalue weighted by molar-refractivity contribution is 5.58. The topological polar surface area (TPSA) is 15.3 Å². The van der Waals surface area contributed by atoms with E-state index >= 15 is 0 Å². The molecule has 1 aromatic carbocycles. The van der Waals surface area contributed by atoms with E-state index in [9.17, 15) is 0 Å². The van der Waals surface area contributed by atoms with Gasteiger partial charge < -0.3 is 10.2 Å². The summed E-state index contributed by atoms with van der Waals surface area (Å²) in [5.41, 5.74) is 4.47. The summed E-state index contributed by atoms with van der Waals surface area (Å²) in [6.45, 7) is 11.5. The molecule has 0 saturated carbocycles. The van der Waals surface area contributed by atoms with Gasteiger partial charge in [0.2, 0.25) is 0 Å². The fourth-order valence-corrected chi connectivity index (χ4v) is 3.41. The van der Waals surface area contributed by atoms with Crippen LogP contribution in [0.4, 0.5) is 5.69 Å². The van der Waals surface area contributed by atoms with Crippen LogP contribution in [-0.4, -0.2) is 25.7 Å². The summed E-state index contributed by atoms with van der Waals surface area (Å²) in [5, 5.41) is 3.36. The third-order valence-electron chi connectivity index (χ3n) is 4.95. The molecule has 2 nitrogen and oxygen atoms in total. The fourth-order valence-electron chi connectivity index (χ4n) is 3.41. The van der Waals surface area contributed by atoms with Crippen LogP contribution in [0.3, 0.4) is 0 Å². The minimum absolute atomic E-state index is 0.222. The molecule has 1 atom stereocenters. The van der Waals surface area contributed by atoms with Crippen LogP contribution in [0.25, 0.3) is 0 Å². The standard InChI is InChI=1S/C17H28N2/c1-13-8-6-10-16(14(13)2)19-11-7-9-15(12-18-5)17(19,3)4/h6,8,10,15,18H,7,9,11-12H2,1-5H3. The maximum atomic E-state index is 3.36. The van der Waals surface area contributed by atoms with Gasteiger partial charge in [-0.25, -0.2) is 0 Å². The van der Waals surface area contributed by atoms with Crippen LogP contribution >= 0.6 is 0 Å². The van der Waals surface area contributed by atoms with Crippen molar-refractivity contribution in [2.45, 2.75) is 46.1 Å². The average molecular weight is 260 g/mol. The molecular weight excluding hydrogens is 232 g/mol. The largest absolute Gasteiger partial charge is 0.366 e. The second-order valence-corrected chi connectivity index (χ2v) is 6.42. The fraction of sp³-hybridized carbons (Fsp3) is 0.647. The monoisotopic (exact) mass is 260 g/mol. The molecule has 0 bridgehead atoms. The number of rotatable bonds is 3. The van der Waals surface area contributed by atoms with E-state index < -0.39 is 0 Å². The Bertz CT molecular complexity index is 435. The SMILES string of the molecule is CNCC1CCCN(c2cccc(C)c2C)C1(C)C. The van der Waals surface area contributed by atoms with Crippen LogP contribution in [-0.2, 0) is 0 Å². The third kappa shape index (κ3) is 2.64. The van der Waals surface area contributed by atoms with Gasteiger partial charge in [0.05, 0.1) is 0 Å². The van der Waals surface area contributed by atoms with E-state index in [4.69, 9.17) is 0 Å². The number of anilines is 1. The molecule has 19 heavy (non-hydrogen) atoms. The van der Waals surface area contributed by atoms with Gasteiger partial charge in [0, 0.05) is 17.8 Å². The quantitative estimate of drug-likeness (QED) is 0.894. The molecule has 0 aliphatic carbocycles. The van der Waals surface area contributed by atoms with Gasteiger partial charge in [-0.15, -0.1) is 0 Å². The molecule has 1 N–H and O–H groups in total. The molecule has 0 spiro atoms. The summed E-state index contributed by atoms with van der Waals surface area (Å²) in [4.78, 5) is 2.63. The van der Waals surface area contributed by atoms with Crippen molar-refractivity contribution in [3.05, 3.63) is 29.3 Å². The minimum Gasteiger partial charge on any atom is -0.366 e. The lowest BCUT2D eigenvalue weighted by molar-refractivity contribution is 0.234. The molecule has 1 aliphatic rings. The molecule has 106 valence electrons. The number of hydrogen-bond acceptors (Lipinski definition) is 2. The first-order chi connectivity index (χ1) is 8.98. The number of aryl methyl sites for hydroxylation is 1. The van der Waals surface area contributed by atoms with Crippen LogP contribution in [0, 0.1) is 19.8 Å². The second kappa shape index (κ2) is 5.54. The van der Waals surface area contributed by atoms with E-state index in [1.54, 1.807) is 0 Å². The van der Waals surface area contributed by atoms with E-state index in [0.717, 1.165) is 6.54 Å². The molecule has 1 heterocycles.